The zero-order chi connectivity index (χ0) is 10.4. The molecule has 3 nitrogen and oxygen atoms in total. The molecule has 1 fully saturated rings. The summed E-state index contributed by atoms with van der Waals surface area (Å²) in [5.41, 5.74) is 3.34. The molecule has 1 atom stereocenters. The van der Waals surface area contributed by atoms with Crippen molar-refractivity contribution in [1.29, 1.82) is 0 Å². The first kappa shape index (κ1) is 12.0. The van der Waals surface area contributed by atoms with Crippen LogP contribution in [0, 0.1) is 5.41 Å². The van der Waals surface area contributed by atoms with Crippen molar-refractivity contribution in [1.82, 2.24) is 5.43 Å². The third-order valence-electron chi connectivity index (χ3n) is 3.73. The second kappa shape index (κ2) is 5.69. The van der Waals surface area contributed by atoms with Crippen LogP contribution in [-0.4, -0.2) is 19.3 Å². The number of rotatable bonds is 6. The lowest BCUT2D eigenvalue weighted by Crippen LogP contribution is -2.50. The molecule has 1 unspecified atom stereocenters. The fourth-order valence-electron chi connectivity index (χ4n) is 2.66. The number of hydrogen-bond donors (Lipinski definition) is 2. The number of ether oxygens (including phenoxy) is 1. The number of nitrogens with one attached hydrogen (secondary N) is 1. The first-order valence-electron chi connectivity index (χ1n) is 5.83. The van der Waals surface area contributed by atoms with Crippen LogP contribution in [0.3, 0.4) is 0 Å². The maximum Gasteiger partial charge on any atom is 0.0638 e. The standard InChI is InChI=1S/C11H24N2O/c1-3-11(7-5-6-8-11)10(13-12)9-14-4-2/h10,13H,3-9,12H2,1-2H3. The molecule has 0 amide bonds. The van der Waals surface area contributed by atoms with E-state index in [1.807, 2.05) is 6.92 Å². The summed E-state index contributed by atoms with van der Waals surface area (Å²) >= 11 is 0. The van der Waals surface area contributed by atoms with E-state index in [0.717, 1.165) is 13.2 Å². The van der Waals surface area contributed by atoms with Crippen LogP contribution in [0.1, 0.15) is 46.0 Å². The van der Waals surface area contributed by atoms with Crippen molar-refractivity contribution in [3.8, 4) is 0 Å². The Morgan fingerprint density at radius 3 is 2.43 bits per heavy atom. The van der Waals surface area contributed by atoms with E-state index in [2.05, 4.69) is 12.3 Å². The first-order valence-corrected chi connectivity index (χ1v) is 5.83. The van der Waals surface area contributed by atoms with Crippen molar-refractivity contribution in [2.75, 3.05) is 13.2 Å². The lowest BCUT2D eigenvalue weighted by atomic mass is 9.77. The Morgan fingerprint density at radius 1 is 1.36 bits per heavy atom. The van der Waals surface area contributed by atoms with Gasteiger partial charge in [0, 0.05) is 6.61 Å². The molecule has 0 spiro atoms. The van der Waals surface area contributed by atoms with Crippen LogP contribution in [0.15, 0.2) is 0 Å². The summed E-state index contributed by atoms with van der Waals surface area (Å²) < 4.78 is 5.48. The molecule has 0 aromatic heterocycles. The minimum absolute atomic E-state index is 0.329. The third-order valence-corrected chi connectivity index (χ3v) is 3.73. The Morgan fingerprint density at radius 2 is 2.00 bits per heavy atom. The van der Waals surface area contributed by atoms with Gasteiger partial charge in [-0.05, 0) is 31.6 Å². The summed E-state index contributed by atoms with van der Waals surface area (Å²) in [6.45, 7) is 5.82. The topological polar surface area (TPSA) is 47.3 Å². The molecule has 1 rings (SSSR count). The van der Waals surface area contributed by atoms with Gasteiger partial charge in [-0.25, -0.2) is 0 Å². The Kier molecular flexibility index (Phi) is 4.85. The van der Waals surface area contributed by atoms with Crippen molar-refractivity contribution in [2.45, 2.75) is 52.0 Å². The fraction of sp³-hybridized carbons (Fsp3) is 1.00. The summed E-state index contributed by atoms with van der Waals surface area (Å²) in [7, 11) is 0. The monoisotopic (exact) mass is 200 g/mol. The average Bonchev–Trinajstić information content (AvgIpc) is 2.69. The Hall–Kier alpha value is -0.120. The van der Waals surface area contributed by atoms with Crippen LogP contribution in [0.25, 0.3) is 0 Å². The maximum atomic E-state index is 5.62. The molecule has 3 N–H and O–H groups in total. The van der Waals surface area contributed by atoms with Gasteiger partial charge < -0.3 is 4.74 Å². The van der Waals surface area contributed by atoms with Gasteiger partial charge in [-0.1, -0.05) is 19.8 Å². The van der Waals surface area contributed by atoms with E-state index >= 15 is 0 Å². The molecular formula is C11H24N2O. The van der Waals surface area contributed by atoms with Gasteiger partial charge in [0.15, 0.2) is 0 Å². The summed E-state index contributed by atoms with van der Waals surface area (Å²) in [6, 6.07) is 0.329. The molecule has 3 heteroatoms. The molecular weight excluding hydrogens is 176 g/mol. The predicted molar refractivity (Wildman–Crippen MR) is 58.8 cm³/mol. The highest BCUT2D eigenvalue weighted by Crippen LogP contribution is 2.43. The van der Waals surface area contributed by atoms with Gasteiger partial charge in [0.25, 0.3) is 0 Å². The van der Waals surface area contributed by atoms with Crippen LogP contribution in [0.4, 0.5) is 0 Å². The highest BCUT2D eigenvalue weighted by molar-refractivity contribution is 4.92. The Labute approximate surface area is 87.4 Å². The minimum Gasteiger partial charge on any atom is -0.380 e. The van der Waals surface area contributed by atoms with Crippen LogP contribution in [0.5, 0.6) is 0 Å². The smallest absolute Gasteiger partial charge is 0.0638 e. The molecule has 84 valence electrons. The minimum atomic E-state index is 0.329. The van der Waals surface area contributed by atoms with Crippen LogP contribution < -0.4 is 11.3 Å². The highest BCUT2D eigenvalue weighted by atomic mass is 16.5. The van der Waals surface area contributed by atoms with Gasteiger partial charge in [0.2, 0.25) is 0 Å². The molecule has 1 aliphatic rings. The van der Waals surface area contributed by atoms with Crippen LogP contribution >= 0.6 is 0 Å². The van der Waals surface area contributed by atoms with E-state index in [4.69, 9.17) is 10.6 Å². The van der Waals surface area contributed by atoms with E-state index in [1.165, 1.54) is 32.1 Å². The molecule has 0 aliphatic heterocycles. The van der Waals surface area contributed by atoms with Crippen LogP contribution in [-0.2, 0) is 4.74 Å². The molecule has 0 radical (unpaired) electrons. The molecule has 0 heterocycles. The Bertz CT molecular complexity index is 155. The quantitative estimate of drug-likeness (QED) is 0.508. The van der Waals surface area contributed by atoms with Crippen LogP contribution in [0.2, 0.25) is 0 Å². The van der Waals surface area contributed by atoms with Crippen molar-refractivity contribution >= 4 is 0 Å². The molecule has 0 saturated heterocycles. The van der Waals surface area contributed by atoms with Gasteiger partial charge in [-0.15, -0.1) is 0 Å². The second-order valence-corrected chi connectivity index (χ2v) is 4.30. The van der Waals surface area contributed by atoms with Gasteiger partial charge in [0.1, 0.15) is 0 Å². The van der Waals surface area contributed by atoms with Gasteiger partial charge in [-0.3, -0.25) is 11.3 Å². The van der Waals surface area contributed by atoms with Gasteiger partial charge >= 0.3 is 0 Å². The van der Waals surface area contributed by atoms with Crippen molar-refractivity contribution in [2.24, 2.45) is 11.3 Å². The third kappa shape index (κ3) is 2.47. The van der Waals surface area contributed by atoms with Crippen molar-refractivity contribution in [3.05, 3.63) is 0 Å². The zero-order valence-corrected chi connectivity index (χ0v) is 9.51. The van der Waals surface area contributed by atoms with E-state index in [0.29, 0.717) is 11.5 Å². The van der Waals surface area contributed by atoms with Gasteiger partial charge in [0.05, 0.1) is 12.6 Å². The zero-order valence-electron chi connectivity index (χ0n) is 9.51. The summed E-state index contributed by atoms with van der Waals surface area (Å²) in [6.07, 6.45) is 6.49. The molecule has 0 bridgehead atoms. The number of hydrazine groups is 1. The maximum absolute atomic E-state index is 5.62. The highest BCUT2D eigenvalue weighted by Gasteiger charge is 2.39. The number of nitrogens with two attached hydrogens (primary N) is 1. The average molecular weight is 200 g/mol. The van der Waals surface area contributed by atoms with Gasteiger partial charge in [-0.2, -0.15) is 0 Å². The van der Waals surface area contributed by atoms with E-state index in [1.54, 1.807) is 0 Å². The number of hydrogen-bond acceptors (Lipinski definition) is 3. The molecule has 0 aromatic carbocycles. The van der Waals surface area contributed by atoms with Crippen molar-refractivity contribution in [3.63, 3.8) is 0 Å². The first-order chi connectivity index (χ1) is 6.79. The predicted octanol–water partition coefficient (Wildman–Crippen LogP) is 1.83. The van der Waals surface area contributed by atoms with Crippen molar-refractivity contribution < 1.29 is 4.74 Å². The molecule has 0 aromatic rings. The fourth-order valence-corrected chi connectivity index (χ4v) is 2.66. The molecule has 1 aliphatic carbocycles. The van der Waals surface area contributed by atoms with E-state index in [-0.39, 0.29) is 0 Å². The van der Waals surface area contributed by atoms with E-state index < -0.39 is 0 Å². The Balaban J connectivity index is 2.54. The molecule has 14 heavy (non-hydrogen) atoms. The normalized spacial score (nSPS) is 22.5. The van der Waals surface area contributed by atoms with E-state index in [9.17, 15) is 0 Å². The SMILES string of the molecule is CCOCC(NN)C1(CC)CCCC1. The summed E-state index contributed by atoms with van der Waals surface area (Å²) in [5, 5.41) is 0. The largest absolute Gasteiger partial charge is 0.380 e. The molecule has 1 saturated carbocycles. The lowest BCUT2D eigenvalue weighted by Gasteiger charge is -2.36. The second-order valence-electron chi connectivity index (χ2n) is 4.30. The lowest BCUT2D eigenvalue weighted by molar-refractivity contribution is 0.0620. The summed E-state index contributed by atoms with van der Waals surface area (Å²) in [5.74, 6) is 5.62. The summed E-state index contributed by atoms with van der Waals surface area (Å²) in [4.78, 5) is 0.